The maximum Gasteiger partial charge on any atom is 0.264 e. The van der Waals surface area contributed by atoms with E-state index in [0.717, 1.165) is 6.07 Å². The van der Waals surface area contributed by atoms with Crippen LogP contribution in [0.1, 0.15) is 31.1 Å². The largest absolute Gasteiger partial charge is 0.350 e. The topological polar surface area (TPSA) is 105 Å². The van der Waals surface area contributed by atoms with Gasteiger partial charge in [0, 0.05) is 12.6 Å². The summed E-state index contributed by atoms with van der Waals surface area (Å²) in [6, 6.07) is 3.68. The number of halogens is 1. The van der Waals surface area contributed by atoms with Gasteiger partial charge in [-0.25, -0.2) is 8.42 Å². The SMILES string of the molecule is CON(C)S(=O)(=O)c1ccc(Cl)c(C(=O)NCC(=O)NC(C)(C)C)c1. The molecule has 140 valence electrons. The molecule has 1 aromatic carbocycles. The Bertz CT molecular complexity index is 759. The number of nitrogens with one attached hydrogen (secondary N) is 2. The molecule has 2 amide bonds. The van der Waals surface area contributed by atoms with Crippen LogP contribution in [0.5, 0.6) is 0 Å². The number of hydrogen-bond donors (Lipinski definition) is 2. The first-order valence-corrected chi connectivity index (χ1v) is 9.12. The average molecular weight is 392 g/mol. The van der Waals surface area contributed by atoms with Crippen molar-refractivity contribution in [2.45, 2.75) is 31.2 Å². The van der Waals surface area contributed by atoms with Crippen molar-refractivity contribution in [1.29, 1.82) is 0 Å². The summed E-state index contributed by atoms with van der Waals surface area (Å²) in [5, 5.41) is 5.16. The molecule has 8 nitrogen and oxygen atoms in total. The van der Waals surface area contributed by atoms with Crippen LogP contribution in [0.4, 0.5) is 0 Å². The van der Waals surface area contributed by atoms with Crippen LogP contribution in [-0.2, 0) is 19.7 Å². The first-order chi connectivity index (χ1) is 11.4. The van der Waals surface area contributed by atoms with Crippen molar-refractivity contribution in [3.8, 4) is 0 Å². The summed E-state index contributed by atoms with van der Waals surface area (Å²) in [7, 11) is -1.50. The number of nitrogens with zero attached hydrogens (tertiary/aromatic N) is 1. The second kappa shape index (κ2) is 8.13. The Morgan fingerprint density at radius 3 is 2.40 bits per heavy atom. The van der Waals surface area contributed by atoms with E-state index < -0.39 is 21.5 Å². The molecular weight excluding hydrogens is 370 g/mol. The van der Waals surface area contributed by atoms with E-state index in [2.05, 4.69) is 15.5 Å². The standard InChI is InChI=1S/C15H22ClN3O5S/c1-15(2,3)18-13(20)9-17-14(21)11-8-10(6-7-12(11)16)25(22,23)19(4)24-5/h6-8H,9H2,1-5H3,(H,17,21)(H,18,20). The van der Waals surface area contributed by atoms with Gasteiger partial charge < -0.3 is 10.6 Å². The summed E-state index contributed by atoms with van der Waals surface area (Å²) < 4.78 is 25.1. The summed E-state index contributed by atoms with van der Waals surface area (Å²) in [5.74, 6) is -1.04. The zero-order valence-electron chi connectivity index (χ0n) is 14.7. The highest BCUT2D eigenvalue weighted by Crippen LogP contribution is 2.22. The highest BCUT2D eigenvalue weighted by atomic mass is 35.5. The minimum absolute atomic E-state index is 0.0594. The van der Waals surface area contributed by atoms with Crippen LogP contribution in [0, 0.1) is 0 Å². The molecule has 10 heteroatoms. The van der Waals surface area contributed by atoms with Crippen LogP contribution in [0.2, 0.25) is 5.02 Å². The van der Waals surface area contributed by atoms with Gasteiger partial charge in [-0.05, 0) is 39.0 Å². The summed E-state index contributed by atoms with van der Waals surface area (Å²) in [6.45, 7) is 5.17. The van der Waals surface area contributed by atoms with E-state index >= 15 is 0 Å². The van der Waals surface area contributed by atoms with E-state index in [-0.39, 0.29) is 27.9 Å². The monoisotopic (exact) mass is 391 g/mol. The Balaban J connectivity index is 2.97. The number of amides is 2. The molecule has 0 atom stereocenters. The fourth-order valence-corrected chi connectivity index (χ4v) is 3.01. The fourth-order valence-electron chi connectivity index (χ4n) is 1.80. The first-order valence-electron chi connectivity index (χ1n) is 7.30. The second-order valence-corrected chi connectivity index (χ2v) is 8.56. The highest BCUT2D eigenvalue weighted by molar-refractivity contribution is 7.89. The second-order valence-electron chi connectivity index (χ2n) is 6.22. The lowest BCUT2D eigenvalue weighted by Crippen LogP contribution is -2.45. The minimum Gasteiger partial charge on any atom is -0.350 e. The Morgan fingerprint density at radius 1 is 1.28 bits per heavy atom. The molecule has 25 heavy (non-hydrogen) atoms. The lowest BCUT2D eigenvalue weighted by atomic mass is 10.1. The quantitative estimate of drug-likeness (QED) is 0.708. The zero-order chi connectivity index (χ0) is 19.4. The Kier molecular flexibility index (Phi) is 6.95. The van der Waals surface area contributed by atoms with Gasteiger partial charge in [-0.1, -0.05) is 16.1 Å². The van der Waals surface area contributed by atoms with Crippen molar-refractivity contribution in [3.05, 3.63) is 28.8 Å². The van der Waals surface area contributed by atoms with E-state index in [9.17, 15) is 18.0 Å². The molecule has 0 saturated heterocycles. The van der Waals surface area contributed by atoms with Crippen molar-refractivity contribution in [2.24, 2.45) is 0 Å². The van der Waals surface area contributed by atoms with E-state index in [0.29, 0.717) is 4.47 Å². The molecule has 2 N–H and O–H groups in total. The van der Waals surface area contributed by atoms with Gasteiger partial charge in [0.1, 0.15) is 0 Å². The first kappa shape index (κ1) is 21.4. The number of benzene rings is 1. The zero-order valence-corrected chi connectivity index (χ0v) is 16.3. The maximum atomic E-state index is 12.2. The molecular formula is C15H22ClN3O5S. The fraction of sp³-hybridized carbons (Fsp3) is 0.467. The molecule has 1 aromatic rings. The van der Waals surface area contributed by atoms with Gasteiger partial charge in [-0.15, -0.1) is 0 Å². The predicted octanol–water partition coefficient (Wildman–Crippen LogP) is 1.17. The van der Waals surface area contributed by atoms with Gasteiger partial charge in [0.15, 0.2) is 0 Å². The van der Waals surface area contributed by atoms with Crippen molar-refractivity contribution in [3.63, 3.8) is 0 Å². The molecule has 0 spiro atoms. The van der Waals surface area contributed by atoms with Crippen molar-refractivity contribution >= 4 is 33.4 Å². The highest BCUT2D eigenvalue weighted by Gasteiger charge is 2.23. The predicted molar refractivity (Wildman–Crippen MR) is 93.6 cm³/mol. The van der Waals surface area contributed by atoms with Crippen LogP contribution >= 0.6 is 11.6 Å². The Morgan fingerprint density at radius 2 is 1.88 bits per heavy atom. The molecule has 0 aliphatic heterocycles. The molecule has 0 saturated carbocycles. The normalized spacial score (nSPS) is 12.1. The number of rotatable bonds is 6. The van der Waals surface area contributed by atoms with Crippen LogP contribution in [0.3, 0.4) is 0 Å². The number of carbonyl (C=O) groups is 2. The molecule has 1 rings (SSSR count). The van der Waals surface area contributed by atoms with Gasteiger partial charge >= 0.3 is 0 Å². The van der Waals surface area contributed by atoms with E-state index in [1.807, 2.05) is 20.8 Å². The molecule has 0 bridgehead atoms. The third-order valence-electron chi connectivity index (χ3n) is 3.00. The van der Waals surface area contributed by atoms with Crippen LogP contribution in [0.25, 0.3) is 0 Å². The number of carbonyl (C=O) groups excluding carboxylic acids is 2. The molecule has 0 aliphatic rings. The molecule has 0 radical (unpaired) electrons. The summed E-state index contributed by atoms with van der Waals surface area (Å²) in [6.07, 6.45) is 0. The van der Waals surface area contributed by atoms with Gasteiger partial charge in [0.2, 0.25) is 5.91 Å². The molecule has 0 aromatic heterocycles. The number of sulfonamides is 1. The summed E-state index contributed by atoms with van der Waals surface area (Å²) in [5.41, 5.74) is -0.492. The van der Waals surface area contributed by atoms with Gasteiger partial charge in [-0.2, -0.15) is 0 Å². The third-order valence-corrected chi connectivity index (χ3v) is 5.01. The maximum absolute atomic E-state index is 12.2. The van der Waals surface area contributed by atoms with E-state index in [4.69, 9.17) is 11.6 Å². The van der Waals surface area contributed by atoms with Crippen molar-refractivity contribution < 1.29 is 22.8 Å². The summed E-state index contributed by atoms with van der Waals surface area (Å²) in [4.78, 5) is 28.5. The molecule has 0 heterocycles. The Hall–Kier alpha value is -1.68. The van der Waals surface area contributed by atoms with Crippen LogP contribution in [-0.4, -0.2) is 50.9 Å². The lowest BCUT2D eigenvalue weighted by Gasteiger charge is -2.20. The molecule has 0 aliphatic carbocycles. The average Bonchev–Trinajstić information content (AvgIpc) is 2.50. The lowest BCUT2D eigenvalue weighted by molar-refractivity contribution is -0.121. The van der Waals surface area contributed by atoms with Gasteiger partial charge in [0.25, 0.3) is 15.9 Å². The van der Waals surface area contributed by atoms with E-state index in [1.165, 1.54) is 26.3 Å². The van der Waals surface area contributed by atoms with E-state index in [1.54, 1.807) is 0 Å². The Labute approximate surface area is 152 Å². The molecule has 0 fully saturated rings. The number of hydroxylamine groups is 1. The van der Waals surface area contributed by atoms with Crippen LogP contribution in [0.15, 0.2) is 23.1 Å². The molecule has 0 unspecified atom stereocenters. The van der Waals surface area contributed by atoms with Gasteiger partial charge in [-0.3, -0.25) is 14.4 Å². The van der Waals surface area contributed by atoms with Crippen LogP contribution < -0.4 is 10.6 Å². The number of hydrogen-bond acceptors (Lipinski definition) is 5. The summed E-state index contributed by atoms with van der Waals surface area (Å²) >= 11 is 5.98. The van der Waals surface area contributed by atoms with Gasteiger partial charge in [0.05, 0.1) is 29.1 Å². The third kappa shape index (κ3) is 5.96. The van der Waals surface area contributed by atoms with Crippen molar-refractivity contribution in [2.75, 3.05) is 20.7 Å². The smallest absolute Gasteiger partial charge is 0.264 e. The minimum atomic E-state index is -3.92. The van der Waals surface area contributed by atoms with Crippen molar-refractivity contribution in [1.82, 2.24) is 15.1 Å².